The Balaban J connectivity index is 2.05. The number of nitrogens with one attached hydrogen (secondary N) is 2. The number of hydrogen-bond donors (Lipinski definition) is 2. The van der Waals surface area contributed by atoms with Crippen molar-refractivity contribution in [2.75, 3.05) is 17.7 Å². The lowest BCUT2D eigenvalue weighted by Gasteiger charge is -2.06. The third-order valence-electron chi connectivity index (χ3n) is 2.31. The van der Waals surface area contributed by atoms with Gasteiger partial charge in [0.2, 0.25) is 0 Å². The summed E-state index contributed by atoms with van der Waals surface area (Å²) in [7, 11) is 3.74. The van der Waals surface area contributed by atoms with Gasteiger partial charge in [-0.2, -0.15) is 5.10 Å². The fourth-order valence-electron chi connectivity index (χ4n) is 1.52. The molecule has 0 aliphatic carbocycles. The molecule has 6 heteroatoms. The first-order valence-electron chi connectivity index (χ1n) is 5.43. The van der Waals surface area contributed by atoms with Crippen molar-refractivity contribution in [1.29, 1.82) is 0 Å². The molecule has 6 nitrogen and oxygen atoms in total. The van der Waals surface area contributed by atoms with Crippen molar-refractivity contribution in [1.82, 2.24) is 19.7 Å². The summed E-state index contributed by atoms with van der Waals surface area (Å²) in [6, 6.07) is 3.84. The standard InChI is InChI=1S/C11H16N6/c1-8-14-10(12-2)6-11(15-8)13-7-9-4-5-17(3)16-9/h4-6H,7H2,1-3H3,(H2,12,13,14,15). The van der Waals surface area contributed by atoms with Gasteiger partial charge in [-0.15, -0.1) is 0 Å². The maximum absolute atomic E-state index is 4.31. The Morgan fingerprint density at radius 2 is 2.06 bits per heavy atom. The molecule has 0 radical (unpaired) electrons. The van der Waals surface area contributed by atoms with E-state index in [1.165, 1.54) is 0 Å². The largest absolute Gasteiger partial charge is 0.373 e. The highest BCUT2D eigenvalue weighted by molar-refractivity contribution is 5.47. The van der Waals surface area contributed by atoms with E-state index < -0.39 is 0 Å². The monoisotopic (exact) mass is 232 g/mol. The molecular weight excluding hydrogens is 216 g/mol. The van der Waals surface area contributed by atoms with Crippen LogP contribution in [0.25, 0.3) is 0 Å². The Kier molecular flexibility index (Phi) is 3.22. The van der Waals surface area contributed by atoms with Gasteiger partial charge >= 0.3 is 0 Å². The van der Waals surface area contributed by atoms with Crippen LogP contribution in [0.2, 0.25) is 0 Å². The summed E-state index contributed by atoms with van der Waals surface area (Å²) in [6.45, 7) is 2.52. The quantitative estimate of drug-likeness (QED) is 0.828. The van der Waals surface area contributed by atoms with Gasteiger partial charge in [0.05, 0.1) is 12.2 Å². The van der Waals surface area contributed by atoms with Crippen LogP contribution in [0.5, 0.6) is 0 Å². The van der Waals surface area contributed by atoms with E-state index in [1.807, 2.05) is 39.3 Å². The maximum atomic E-state index is 4.31. The molecule has 90 valence electrons. The number of aryl methyl sites for hydroxylation is 2. The van der Waals surface area contributed by atoms with Crippen molar-refractivity contribution < 1.29 is 0 Å². The fraction of sp³-hybridized carbons (Fsp3) is 0.364. The highest BCUT2D eigenvalue weighted by atomic mass is 15.3. The minimum Gasteiger partial charge on any atom is -0.373 e. The topological polar surface area (TPSA) is 67.7 Å². The molecule has 2 aromatic rings. The predicted octanol–water partition coefficient (Wildman–Crippen LogP) is 1.17. The molecule has 17 heavy (non-hydrogen) atoms. The summed E-state index contributed by atoms with van der Waals surface area (Å²) >= 11 is 0. The van der Waals surface area contributed by atoms with Crippen LogP contribution in [0, 0.1) is 6.92 Å². The van der Waals surface area contributed by atoms with E-state index in [9.17, 15) is 0 Å². The molecule has 0 bridgehead atoms. The molecule has 2 rings (SSSR count). The van der Waals surface area contributed by atoms with Gasteiger partial charge in [-0.1, -0.05) is 0 Å². The SMILES string of the molecule is CNc1cc(NCc2ccn(C)n2)nc(C)n1. The average molecular weight is 232 g/mol. The first-order chi connectivity index (χ1) is 8.17. The Morgan fingerprint density at radius 1 is 1.29 bits per heavy atom. The molecule has 0 saturated carbocycles. The van der Waals surface area contributed by atoms with Crippen molar-refractivity contribution in [2.24, 2.45) is 7.05 Å². The van der Waals surface area contributed by atoms with Crippen LogP contribution in [0.4, 0.5) is 11.6 Å². The maximum Gasteiger partial charge on any atom is 0.132 e. The predicted molar refractivity (Wildman–Crippen MR) is 66.9 cm³/mol. The van der Waals surface area contributed by atoms with Gasteiger partial charge in [-0.05, 0) is 13.0 Å². The van der Waals surface area contributed by atoms with E-state index in [-0.39, 0.29) is 0 Å². The van der Waals surface area contributed by atoms with Crippen LogP contribution >= 0.6 is 0 Å². The Bertz CT molecular complexity index is 504. The van der Waals surface area contributed by atoms with E-state index in [4.69, 9.17) is 0 Å². The van der Waals surface area contributed by atoms with Crippen molar-refractivity contribution in [3.63, 3.8) is 0 Å². The summed E-state index contributed by atoms with van der Waals surface area (Å²) in [5.41, 5.74) is 0.981. The highest BCUT2D eigenvalue weighted by Gasteiger charge is 2.01. The number of nitrogens with zero attached hydrogens (tertiary/aromatic N) is 4. The third-order valence-corrected chi connectivity index (χ3v) is 2.31. The Hall–Kier alpha value is -2.11. The van der Waals surface area contributed by atoms with Gasteiger partial charge in [-0.3, -0.25) is 4.68 Å². The van der Waals surface area contributed by atoms with Gasteiger partial charge in [0.25, 0.3) is 0 Å². The minimum absolute atomic E-state index is 0.653. The van der Waals surface area contributed by atoms with Crippen LogP contribution in [-0.4, -0.2) is 26.8 Å². The van der Waals surface area contributed by atoms with Crippen molar-refractivity contribution >= 4 is 11.6 Å². The second kappa shape index (κ2) is 4.82. The van der Waals surface area contributed by atoms with Crippen molar-refractivity contribution in [3.8, 4) is 0 Å². The first-order valence-corrected chi connectivity index (χ1v) is 5.43. The van der Waals surface area contributed by atoms with E-state index in [1.54, 1.807) is 4.68 Å². The van der Waals surface area contributed by atoms with Crippen LogP contribution in [-0.2, 0) is 13.6 Å². The molecule has 2 N–H and O–H groups in total. The lowest BCUT2D eigenvalue weighted by Crippen LogP contribution is -2.05. The van der Waals surface area contributed by atoms with Crippen LogP contribution in [0.1, 0.15) is 11.5 Å². The molecule has 2 aromatic heterocycles. The summed E-state index contributed by atoms with van der Waals surface area (Å²) in [5, 5.41) is 10.5. The van der Waals surface area contributed by atoms with Crippen LogP contribution in [0.3, 0.4) is 0 Å². The molecule has 0 aliphatic rings. The molecule has 0 unspecified atom stereocenters. The Morgan fingerprint density at radius 3 is 2.71 bits per heavy atom. The second-order valence-electron chi connectivity index (χ2n) is 3.77. The number of aromatic nitrogens is 4. The zero-order chi connectivity index (χ0) is 12.3. The molecule has 2 heterocycles. The third kappa shape index (κ3) is 2.93. The smallest absolute Gasteiger partial charge is 0.132 e. The molecule has 0 spiro atoms. The zero-order valence-corrected chi connectivity index (χ0v) is 10.2. The lowest BCUT2D eigenvalue weighted by molar-refractivity contribution is 0.747. The number of hydrogen-bond acceptors (Lipinski definition) is 5. The van der Waals surface area contributed by atoms with Crippen molar-refractivity contribution in [2.45, 2.75) is 13.5 Å². The molecule has 0 amide bonds. The van der Waals surface area contributed by atoms with Gasteiger partial charge < -0.3 is 10.6 Å². The highest BCUT2D eigenvalue weighted by Crippen LogP contribution is 2.11. The van der Waals surface area contributed by atoms with E-state index >= 15 is 0 Å². The van der Waals surface area contributed by atoms with E-state index in [2.05, 4.69) is 25.7 Å². The Labute approximate surface area is 100 Å². The van der Waals surface area contributed by atoms with Gasteiger partial charge in [0.1, 0.15) is 17.5 Å². The lowest BCUT2D eigenvalue weighted by atomic mass is 10.4. The van der Waals surface area contributed by atoms with E-state index in [0.717, 1.165) is 23.2 Å². The summed E-state index contributed by atoms with van der Waals surface area (Å²) in [4.78, 5) is 8.54. The second-order valence-corrected chi connectivity index (χ2v) is 3.77. The molecule has 0 fully saturated rings. The fourth-order valence-corrected chi connectivity index (χ4v) is 1.52. The van der Waals surface area contributed by atoms with Gasteiger partial charge in [0.15, 0.2) is 0 Å². The average Bonchev–Trinajstić information content (AvgIpc) is 2.72. The summed E-state index contributed by atoms with van der Waals surface area (Å²) in [5.74, 6) is 2.34. The molecule has 0 aromatic carbocycles. The normalized spacial score (nSPS) is 10.3. The number of rotatable bonds is 4. The summed E-state index contributed by atoms with van der Waals surface area (Å²) < 4.78 is 1.78. The first kappa shape index (κ1) is 11.4. The molecule has 0 atom stereocenters. The van der Waals surface area contributed by atoms with Crippen LogP contribution < -0.4 is 10.6 Å². The zero-order valence-electron chi connectivity index (χ0n) is 10.2. The summed E-state index contributed by atoms with van der Waals surface area (Å²) in [6.07, 6.45) is 1.92. The minimum atomic E-state index is 0.653. The van der Waals surface area contributed by atoms with E-state index in [0.29, 0.717) is 6.54 Å². The van der Waals surface area contributed by atoms with Crippen molar-refractivity contribution in [3.05, 3.63) is 29.8 Å². The van der Waals surface area contributed by atoms with Gasteiger partial charge in [0, 0.05) is 26.4 Å². The molecule has 0 aliphatic heterocycles. The number of anilines is 2. The molecule has 0 saturated heterocycles. The van der Waals surface area contributed by atoms with Gasteiger partial charge in [-0.25, -0.2) is 9.97 Å². The molecular formula is C11H16N6. The van der Waals surface area contributed by atoms with Crippen LogP contribution in [0.15, 0.2) is 18.3 Å².